The molecule has 1 aliphatic rings. The number of benzene rings is 1. The first kappa shape index (κ1) is 12.8. The molecule has 0 aliphatic carbocycles. The molecule has 0 radical (unpaired) electrons. The Morgan fingerprint density at radius 1 is 1.56 bits per heavy atom. The van der Waals surface area contributed by atoms with Crippen LogP contribution in [0.3, 0.4) is 0 Å². The van der Waals surface area contributed by atoms with Crippen LogP contribution in [-0.4, -0.2) is 32.9 Å². The quantitative estimate of drug-likeness (QED) is 0.771. The highest BCUT2D eigenvalue weighted by Crippen LogP contribution is 2.23. The van der Waals surface area contributed by atoms with E-state index < -0.39 is 11.8 Å². The Morgan fingerprint density at radius 2 is 2.39 bits per heavy atom. The molecule has 1 heterocycles. The molecule has 18 heavy (non-hydrogen) atoms. The first-order valence-corrected chi connectivity index (χ1v) is 5.79. The van der Waals surface area contributed by atoms with Crippen LogP contribution < -0.4 is 4.74 Å². The second-order valence-corrected chi connectivity index (χ2v) is 4.17. The molecule has 1 unspecified atom stereocenters. The number of ether oxygens (including phenoxy) is 3. The standard InChI is InChI=1S/C13H15FO4/c1-16-13(15)11-3-2-10(14)6-12(11)18-8-9-4-5-17-7-9/h2-3,6,9H,4-5,7-8H2,1H3. The normalized spacial score (nSPS) is 18.7. The smallest absolute Gasteiger partial charge is 0.341 e. The number of carbonyl (C=O) groups is 1. The predicted molar refractivity (Wildman–Crippen MR) is 62.2 cm³/mol. The third kappa shape index (κ3) is 2.98. The second-order valence-electron chi connectivity index (χ2n) is 4.17. The van der Waals surface area contributed by atoms with Crippen LogP contribution in [0.5, 0.6) is 5.75 Å². The van der Waals surface area contributed by atoms with Gasteiger partial charge in [-0.1, -0.05) is 0 Å². The molecule has 0 aromatic heterocycles. The second kappa shape index (κ2) is 5.82. The third-order valence-electron chi connectivity index (χ3n) is 2.85. The van der Waals surface area contributed by atoms with Gasteiger partial charge in [-0.3, -0.25) is 0 Å². The first-order valence-electron chi connectivity index (χ1n) is 5.79. The Morgan fingerprint density at radius 3 is 3.06 bits per heavy atom. The van der Waals surface area contributed by atoms with Gasteiger partial charge in [-0.2, -0.15) is 0 Å². The molecule has 0 N–H and O–H groups in total. The zero-order valence-corrected chi connectivity index (χ0v) is 10.1. The van der Waals surface area contributed by atoms with Crippen molar-refractivity contribution in [1.82, 2.24) is 0 Å². The van der Waals surface area contributed by atoms with Gasteiger partial charge < -0.3 is 14.2 Å². The number of carbonyl (C=O) groups excluding carboxylic acids is 1. The van der Waals surface area contributed by atoms with Crippen LogP contribution in [0.25, 0.3) is 0 Å². The summed E-state index contributed by atoms with van der Waals surface area (Å²) in [5.74, 6) is -0.472. The van der Waals surface area contributed by atoms with Crippen molar-refractivity contribution in [2.75, 3.05) is 26.9 Å². The summed E-state index contributed by atoms with van der Waals surface area (Å²) in [6.07, 6.45) is 0.920. The van der Waals surface area contributed by atoms with Gasteiger partial charge in [0.1, 0.15) is 17.1 Å². The maximum Gasteiger partial charge on any atom is 0.341 e. The highest BCUT2D eigenvalue weighted by Gasteiger charge is 2.19. The minimum absolute atomic E-state index is 0.216. The fourth-order valence-corrected chi connectivity index (χ4v) is 1.82. The summed E-state index contributed by atoms with van der Waals surface area (Å²) in [6.45, 7) is 1.78. The van der Waals surface area contributed by atoms with Crippen molar-refractivity contribution in [2.45, 2.75) is 6.42 Å². The zero-order valence-electron chi connectivity index (χ0n) is 10.1. The number of hydrogen-bond acceptors (Lipinski definition) is 4. The van der Waals surface area contributed by atoms with Crippen molar-refractivity contribution >= 4 is 5.97 Å². The van der Waals surface area contributed by atoms with Gasteiger partial charge >= 0.3 is 5.97 Å². The maximum absolute atomic E-state index is 13.2. The summed E-state index contributed by atoms with van der Waals surface area (Å²) in [5, 5.41) is 0. The average Bonchev–Trinajstić information content (AvgIpc) is 2.88. The largest absolute Gasteiger partial charge is 0.492 e. The molecular weight excluding hydrogens is 239 g/mol. The molecule has 1 aliphatic heterocycles. The number of hydrogen-bond donors (Lipinski definition) is 0. The van der Waals surface area contributed by atoms with E-state index in [1.165, 1.54) is 25.3 Å². The summed E-state index contributed by atoms with van der Waals surface area (Å²) in [7, 11) is 1.28. The molecule has 0 saturated carbocycles. The van der Waals surface area contributed by atoms with Crippen LogP contribution in [0, 0.1) is 11.7 Å². The maximum atomic E-state index is 13.2. The number of esters is 1. The van der Waals surface area contributed by atoms with Crippen molar-refractivity contribution in [3.05, 3.63) is 29.6 Å². The van der Waals surface area contributed by atoms with E-state index in [1.54, 1.807) is 0 Å². The molecule has 4 nitrogen and oxygen atoms in total. The highest BCUT2D eigenvalue weighted by molar-refractivity contribution is 5.92. The Hall–Kier alpha value is -1.62. The average molecular weight is 254 g/mol. The van der Waals surface area contributed by atoms with Crippen molar-refractivity contribution in [3.63, 3.8) is 0 Å². The lowest BCUT2D eigenvalue weighted by atomic mass is 10.1. The molecule has 98 valence electrons. The molecule has 1 saturated heterocycles. The van der Waals surface area contributed by atoms with E-state index in [-0.39, 0.29) is 11.3 Å². The van der Waals surface area contributed by atoms with E-state index in [2.05, 4.69) is 4.74 Å². The zero-order chi connectivity index (χ0) is 13.0. The van der Waals surface area contributed by atoms with Crippen molar-refractivity contribution in [2.24, 2.45) is 5.92 Å². The fraction of sp³-hybridized carbons (Fsp3) is 0.462. The van der Waals surface area contributed by atoms with Gasteiger partial charge in [0, 0.05) is 18.6 Å². The molecule has 1 aromatic carbocycles. The van der Waals surface area contributed by atoms with Gasteiger partial charge in [0.2, 0.25) is 0 Å². The van der Waals surface area contributed by atoms with E-state index in [0.29, 0.717) is 19.1 Å². The Labute approximate surface area is 105 Å². The Bertz CT molecular complexity index is 427. The number of halogens is 1. The number of methoxy groups -OCH3 is 1. The van der Waals surface area contributed by atoms with Crippen LogP contribution in [0.4, 0.5) is 4.39 Å². The minimum atomic E-state index is -0.535. The van der Waals surface area contributed by atoms with Crippen molar-refractivity contribution in [3.8, 4) is 5.75 Å². The van der Waals surface area contributed by atoms with Gasteiger partial charge in [0.05, 0.1) is 20.3 Å². The highest BCUT2D eigenvalue weighted by atomic mass is 19.1. The molecule has 1 atom stereocenters. The molecule has 1 fully saturated rings. The summed E-state index contributed by atoms with van der Waals surface area (Å²) in [5.41, 5.74) is 0.234. The monoisotopic (exact) mass is 254 g/mol. The molecule has 2 rings (SSSR count). The molecule has 0 bridgehead atoms. The van der Waals surface area contributed by atoms with Gasteiger partial charge in [-0.05, 0) is 18.6 Å². The first-order chi connectivity index (χ1) is 8.70. The van der Waals surface area contributed by atoms with E-state index in [1.807, 2.05) is 0 Å². The molecule has 0 amide bonds. The fourth-order valence-electron chi connectivity index (χ4n) is 1.82. The number of rotatable bonds is 4. The lowest BCUT2D eigenvalue weighted by molar-refractivity contribution is 0.0595. The van der Waals surface area contributed by atoms with Crippen molar-refractivity contribution in [1.29, 1.82) is 0 Å². The Kier molecular flexibility index (Phi) is 4.15. The summed E-state index contributed by atoms with van der Waals surface area (Å²) >= 11 is 0. The van der Waals surface area contributed by atoms with E-state index >= 15 is 0 Å². The van der Waals surface area contributed by atoms with E-state index in [0.717, 1.165) is 13.0 Å². The van der Waals surface area contributed by atoms with E-state index in [4.69, 9.17) is 9.47 Å². The van der Waals surface area contributed by atoms with Gasteiger partial charge in [0.25, 0.3) is 0 Å². The lowest BCUT2D eigenvalue weighted by Gasteiger charge is -2.13. The van der Waals surface area contributed by atoms with Crippen LogP contribution in [0.2, 0.25) is 0 Å². The van der Waals surface area contributed by atoms with Gasteiger partial charge in [0.15, 0.2) is 0 Å². The topological polar surface area (TPSA) is 44.8 Å². The molecule has 5 heteroatoms. The lowest BCUT2D eigenvalue weighted by Crippen LogP contribution is -2.14. The van der Waals surface area contributed by atoms with Crippen LogP contribution >= 0.6 is 0 Å². The SMILES string of the molecule is COC(=O)c1ccc(F)cc1OCC1CCOC1. The molecule has 0 spiro atoms. The predicted octanol–water partition coefficient (Wildman–Crippen LogP) is 2.03. The summed E-state index contributed by atoms with van der Waals surface area (Å²) < 4.78 is 28.5. The summed E-state index contributed by atoms with van der Waals surface area (Å²) in [6, 6.07) is 3.77. The minimum Gasteiger partial charge on any atom is -0.492 e. The van der Waals surface area contributed by atoms with Crippen LogP contribution in [0.1, 0.15) is 16.8 Å². The summed E-state index contributed by atoms with van der Waals surface area (Å²) in [4.78, 5) is 11.5. The Balaban J connectivity index is 2.08. The van der Waals surface area contributed by atoms with Gasteiger partial charge in [-0.15, -0.1) is 0 Å². The molecular formula is C13H15FO4. The molecule has 1 aromatic rings. The third-order valence-corrected chi connectivity index (χ3v) is 2.85. The van der Waals surface area contributed by atoms with Crippen LogP contribution in [-0.2, 0) is 9.47 Å². The van der Waals surface area contributed by atoms with E-state index in [9.17, 15) is 9.18 Å². The van der Waals surface area contributed by atoms with Crippen LogP contribution in [0.15, 0.2) is 18.2 Å². The van der Waals surface area contributed by atoms with Crippen molar-refractivity contribution < 1.29 is 23.4 Å². The van der Waals surface area contributed by atoms with Gasteiger partial charge in [-0.25, -0.2) is 9.18 Å².